The summed E-state index contributed by atoms with van der Waals surface area (Å²) >= 11 is 17.3. The molecule has 0 aliphatic rings. The van der Waals surface area contributed by atoms with Crippen molar-refractivity contribution in [3.8, 4) is 5.75 Å². The predicted octanol–water partition coefficient (Wildman–Crippen LogP) is 2.02. The first-order valence-electron chi connectivity index (χ1n) is 4.72. The molecule has 1 amide bonds. The fourth-order valence-corrected chi connectivity index (χ4v) is 1.90. The number of nitrogens with one attached hydrogen (secondary N) is 3. The minimum absolute atomic E-state index is 0.0512. The highest BCUT2D eigenvalue weighted by molar-refractivity contribution is 6.46. The summed E-state index contributed by atoms with van der Waals surface area (Å²) in [5, 5.41) is 17.3. The zero-order chi connectivity index (χ0) is 14.2. The Bertz CT molecular complexity index is 683. The number of rotatable bonds is 2. The highest BCUT2D eigenvalue weighted by atomic mass is 35.5. The smallest absolute Gasteiger partial charge is 0.341 e. The van der Waals surface area contributed by atoms with Crippen molar-refractivity contribution in [3.63, 3.8) is 0 Å². The maximum Gasteiger partial charge on any atom is 0.341 e. The molecule has 0 fully saturated rings. The van der Waals surface area contributed by atoms with E-state index in [9.17, 15) is 14.7 Å². The first kappa shape index (κ1) is 13.7. The van der Waals surface area contributed by atoms with Gasteiger partial charge in [-0.05, 0) is 6.07 Å². The summed E-state index contributed by atoms with van der Waals surface area (Å²) in [5.41, 5.74) is -0.822. The molecule has 0 radical (unpaired) electrons. The van der Waals surface area contributed by atoms with E-state index in [1.165, 1.54) is 6.07 Å². The summed E-state index contributed by atoms with van der Waals surface area (Å²) in [4.78, 5) is 24.7. The molecule has 10 heteroatoms. The molecule has 2 rings (SSSR count). The van der Waals surface area contributed by atoms with Crippen molar-refractivity contribution in [3.05, 3.63) is 37.4 Å². The molecule has 1 heterocycles. The molecule has 0 bridgehead atoms. The van der Waals surface area contributed by atoms with E-state index in [-0.39, 0.29) is 26.6 Å². The van der Waals surface area contributed by atoms with Crippen LogP contribution in [0.2, 0.25) is 15.1 Å². The number of carbonyl (C=O) groups excluding carboxylic acids is 1. The summed E-state index contributed by atoms with van der Waals surface area (Å²) < 4.78 is 0. The Morgan fingerprint density at radius 3 is 2.58 bits per heavy atom. The molecule has 7 nitrogen and oxygen atoms in total. The molecule has 0 spiro atoms. The number of benzene rings is 1. The lowest BCUT2D eigenvalue weighted by molar-refractivity contribution is 0.101. The van der Waals surface area contributed by atoms with Crippen molar-refractivity contribution in [1.82, 2.24) is 15.2 Å². The van der Waals surface area contributed by atoms with Crippen LogP contribution in [-0.2, 0) is 0 Å². The van der Waals surface area contributed by atoms with Crippen LogP contribution in [0.5, 0.6) is 5.75 Å². The standard InChI is InChI=1S/C9H5Cl3N4O3/c10-2-1-3(11)6(17)5(4(2)12)13-8(18)7-14-9(19)16-15-7/h1,17H,(H,13,18)(H2,14,15,16,19). The van der Waals surface area contributed by atoms with Crippen LogP contribution in [0.4, 0.5) is 5.69 Å². The van der Waals surface area contributed by atoms with E-state index >= 15 is 0 Å². The lowest BCUT2D eigenvalue weighted by atomic mass is 10.3. The Morgan fingerprint density at radius 2 is 2.00 bits per heavy atom. The maximum atomic E-state index is 11.7. The van der Waals surface area contributed by atoms with Crippen LogP contribution in [0.25, 0.3) is 0 Å². The number of hydrogen-bond donors (Lipinski definition) is 4. The van der Waals surface area contributed by atoms with Gasteiger partial charge in [0.15, 0.2) is 5.75 Å². The average molecular weight is 324 g/mol. The normalized spacial score (nSPS) is 10.5. The molecule has 0 aliphatic carbocycles. The van der Waals surface area contributed by atoms with Gasteiger partial charge in [0.1, 0.15) is 5.69 Å². The zero-order valence-electron chi connectivity index (χ0n) is 8.92. The van der Waals surface area contributed by atoms with Crippen LogP contribution in [0.1, 0.15) is 10.6 Å². The minimum Gasteiger partial charge on any atom is -0.504 e. The van der Waals surface area contributed by atoms with Crippen LogP contribution in [0, 0.1) is 0 Å². The lowest BCUT2D eigenvalue weighted by Gasteiger charge is -2.10. The van der Waals surface area contributed by atoms with E-state index in [1.54, 1.807) is 0 Å². The van der Waals surface area contributed by atoms with Crippen molar-refractivity contribution in [2.45, 2.75) is 0 Å². The van der Waals surface area contributed by atoms with Gasteiger partial charge in [0.25, 0.3) is 5.91 Å². The number of aromatic nitrogens is 3. The van der Waals surface area contributed by atoms with Gasteiger partial charge in [0.2, 0.25) is 5.82 Å². The number of H-pyrrole nitrogens is 2. The summed E-state index contributed by atoms with van der Waals surface area (Å²) in [5.74, 6) is -1.52. The van der Waals surface area contributed by atoms with Crippen LogP contribution in [0.3, 0.4) is 0 Å². The minimum atomic E-state index is -0.797. The van der Waals surface area contributed by atoms with E-state index in [4.69, 9.17) is 34.8 Å². The molecule has 0 atom stereocenters. The summed E-state index contributed by atoms with van der Waals surface area (Å²) in [6.45, 7) is 0. The van der Waals surface area contributed by atoms with Crippen LogP contribution >= 0.6 is 34.8 Å². The molecule has 19 heavy (non-hydrogen) atoms. The molecule has 0 unspecified atom stereocenters. The summed E-state index contributed by atoms with van der Waals surface area (Å²) in [6, 6.07) is 1.23. The zero-order valence-corrected chi connectivity index (χ0v) is 11.2. The number of amides is 1. The van der Waals surface area contributed by atoms with Crippen molar-refractivity contribution >= 4 is 46.4 Å². The van der Waals surface area contributed by atoms with E-state index in [1.807, 2.05) is 5.10 Å². The third kappa shape index (κ3) is 2.67. The molecule has 4 N–H and O–H groups in total. The number of nitrogens with zero attached hydrogens (tertiary/aromatic N) is 1. The second-order valence-corrected chi connectivity index (χ2v) is 4.55. The van der Waals surface area contributed by atoms with Crippen LogP contribution in [0.15, 0.2) is 10.9 Å². The summed E-state index contributed by atoms with van der Waals surface area (Å²) in [7, 11) is 0. The van der Waals surface area contributed by atoms with Gasteiger partial charge in [-0.2, -0.15) is 0 Å². The number of aromatic hydroxyl groups is 1. The summed E-state index contributed by atoms with van der Waals surface area (Å²) in [6.07, 6.45) is 0. The Balaban J connectivity index is 2.39. The van der Waals surface area contributed by atoms with Gasteiger partial charge in [-0.15, -0.1) is 5.10 Å². The monoisotopic (exact) mass is 322 g/mol. The largest absolute Gasteiger partial charge is 0.504 e. The van der Waals surface area contributed by atoms with Gasteiger partial charge in [-0.3, -0.25) is 9.78 Å². The molecule has 0 saturated carbocycles. The van der Waals surface area contributed by atoms with Crippen molar-refractivity contribution in [2.24, 2.45) is 0 Å². The van der Waals surface area contributed by atoms with Gasteiger partial charge in [0, 0.05) is 0 Å². The van der Waals surface area contributed by atoms with Crippen molar-refractivity contribution < 1.29 is 9.90 Å². The topological polar surface area (TPSA) is 111 Å². The molecule has 1 aromatic heterocycles. The average Bonchev–Trinajstić information content (AvgIpc) is 2.79. The Kier molecular flexibility index (Phi) is 3.70. The number of aromatic amines is 2. The third-order valence-electron chi connectivity index (χ3n) is 2.10. The van der Waals surface area contributed by atoms with E-state index in [0.717, 1.165) is 0 Å². The van der Waals surface area contributed by atoms with Gasteiger partial charge >= 0.3 is 5.69 Å². The van der Waals surface area contributed by atoms with Gasteiger partial charge in [-0.1, -0.05) is 34.8 Å². The molecule has 0 aliphatic heterocycles. The molecule has 100 valence electrons. The molecular weight excluding hydrogens is 318 g/mol. The first-order valence-corrected chi connectivity index (χ1v) is 5.86. The van der Waals surface area contributed by atoms with Gasteiger partial charge in [0.05, 0.1) is 15.1 Å². The second-order valence-electron chi connectivity index (χ2n) is 3.36. The van der Waals surface area contributed by atoms with E-state index < -0.39 is 17.3 Å². The van der Waals surface area contributed by atoms with E-state index in [2.05, 4.69) is 15.4 Å². The fraction of sp³-hybridized carbons (Fsp3) is 0. The molecular formula is C9H5Cl3N4O3. The number of halogens is 3. The Morgan fingerprint density at radius 1 is 1.32 bits per heavy atom. The number of carbonyl (C=O) groups is 1. The predicted molar refractivity (Wildman–Crippen MR) is 70.3 cm³/mol. The molecule has 2 aromatic rings. The van der Waals surface area contributed by atoms with Crippen molar-refractivity contribution in [1.29, 1.82) is 0 Å². The first-order chi connectivity index (χ1) is 8.90. The quantitative estimate of drug-likeness (QED) is 0.500. The van der Waals surface area contributed by atoms with Gasteiger partial charge < -0.3 is 10.4 Å². The SMILES string of the molecule is O=C(Nc1c(O)c(Cl)cc(Cl)c1Cl)c1n[nH]c(=O)[nH]1. The molecule has 1 aromatic carbocycles. The lowest BCUT2D eigenvalue weighted by Crippen LogP contribution is -2.15. The Labute approximate surface area is 120 Å². The van der Waals surface area contributed by atoms with E-state index in [0.29, 0.717) is 0 Å². The van der Waals surface area contributed by atoms with Crippen molar-refractivity contribution in [2.75, 3.05) is 5.32 Å². The number of phenolic OH excluding ortho intramolecular Hbond substituents is 1. The fourth-order valence-electron chi connectivity index (χ4n) is 1.25. The van der Waals surface area contributed by atoms with Gasteiger partial charge in [-0.25, -0.2) is 9.89 Å². The highest BCUT2D eigenvalue weighted by Crippen LogP contribution is 2.42. The second kappa shape index (κ2) is 5.12. The number of hydrogen-bond acceptors (Lipinski definition) is 4. The van der Waals surface area contributed by atoms with Crippen LogP contribution < -0.4 is 11.0 Å². The number of anilines is 1. The van der Waals surface area contributed by atoms with Crippen LogP contribution in [-0.4, -0.2) is 26.2 Å². The third-order valence-corrected chi connectivity index (χ3v) is 3.18. The maximum absolute atomic E-state index is 11.7. The number of phenols is 1. The molecule has 0 saturated heterocycles. The highest BCUT2D eigenvalue weighted by Gasteiger charge is 2.19. The Hall–Kier alpha value is -1.70.